The minimum Gasteiger partial charge on any atom is -0.312 e. The summed E-state index contributed by atoms with van der Waals surface area (Å²) in [7, 11) is 0. The molecule has 0 aliphatic heterocycles. The average molecular weight is 211 g/mol. The molecule has 1 aliphatic rings. The first-order valence-electron chi connectivity index (χ1n) is 6.85. The molecule has 0 aromatic carbocycles. The highest BCUT2D eigenvalue weighted by atomic mass is 14.9. The summed E-state index contributed by atoms with van der Waals surface area (Å²) < 4.78 is 0. The number of hydrogen-bond donors (Lipinski definition) is 1. The lowest BCUT2D eigenvalue weighted by Gasteiger charge is -2.30. The predicted molar refractivity (Wildman–Crippen MR) is 68.1 cm³/mol. The van der Waals surface area contributed by atoms with E-state index in [1.54, 1.807) is 0 Å². The third-order valence-electron chi connectivity index (χ3n) is 3.66. The molecule has 1 nitrogen and oxygen atoms in total. The molecule has 0 bridgehead atoms. The van der Waals surface area contributed by atoms with Crippen LogP contribution in [-0.2, 0) is 0 Å². The second-order valence-electron chi connectivity index (χ2n) is 5.91. The lowest BCUT2D eigenvalue weighted by molar-refractivity contribution is 0.256. The van der Waals surface area contributed by atoms with Gasteiger partial charge in [-0.25, -0.2) is 0 Å². The summed E-state index contributed by atoms with van der Waals surface area (Å²) in [5.41, 5.74) is 0. The van der Waals surface area contributed by atoms with Gasteiger partial charge in [0.25, 0.3) is 0 Å². The van der Waals surface area contributed by atoms with Crippen LogP contribution in [0.25, 0.3) is 0 Å². The number of rotatable bonds is 5. The van der Waals surface area contributed by atoms with E-state index in [4.69, 9.17) is 0 Å². The first-order chi connectivity index (χ1) is 7.09. The molecule has 15 heavy (non-hydrogen) atoms. The smallest absolute Gasteiger partial charge is 0.00950 e. The van der Waals surface area contributed by atoms with Gasteiger partial charge in [-0.1, -0.05) is 59.8 Å². The summed E-state index contributed by atoms with van der Waals surface area (Å²) in [6.45, 7) is 9.22. The minimum absolute atomic E-state index is 0.626. The molecular weight excluding hydrogens is 182 g/mol. The van der Waals surface area contributed by atoms with Crippen molar-refractivity contribution in [2.75, 3.05) is 0 Å². The minimum atomic E-state index is 0.626. The van der Waals surface area contributed by atoms with E-state index in [9.17, 15) is 0 Å². The van der Waals surface area contributed by atoms with Crippen molar-refractivity contribution < 1.29 is 0 Å². The molecule has 0 aromatic rings. The fraction of sp³-hybridized carbons (Fsp3) is 1.00. The molecule has 1 heteroatoms. The van der Waals surface area contributed by atoms with Crippen LogP contribution in [0.4, 0.5) is 0 Å². The van der Waals surface area contributed by atoms with Crippen LogP contribution in [0.15, 0.2) is 0 Å². The summed E-state index contributed by atoms with van der Waals surface area (Å²) in [5, 5.41) is 3.73. The molecule has 1 N–H and O–H groups in total. The van der Waals surface area contributed by atoms with Crippen LogP contribution >= 0.6 is 0 Å². The Bertz CT molecular complexity index is 157. The van der Waals surface area contributed by atoms with Crippen LogP contribution in [0.2, 0.25) is 0 Å². The van der Waals surface area contributed by atoms with Crippen LogP contribution in [0.5, 0.6) is 0 Å². The zero-order chi connectivity index (χ0) is 11.3. The summed E-state index contributed by atoms with van der Waals surface area (Å²) in [4.78, 5) is 0. The van der Waals surface area contributed by atoms with Crippen molar-refractivity contribution in [3.05, 3.63) is 0 Å². The normalized spacial score (nSPS) is 21.2. The van der Waals surface area contributed by atoms with E-state index in [0.29, 0.717) is 6.04 Å². The van der Waals surface area contributed by atoms with Crippen molar-refractivity contribution in [2.45, 2.75) is 78.3 Å². The van der Waals surface area contributed by atoms with Crippen molar-refractivity contribution >= 4 is 0 Å². The van der Waals surface area contributed by atoms with Gasteiger partial charge in [-0.2, -0.15) is 0 Å². The molecule has 0 saturated heterocycles. The predicted octanol–water partition coefficient (Wildman–Crippen LogP) is 3.98. The maximum absolute atomic E-state index is 3.73. The number of hydrogen-bond acceptors (Lipinski definition) is 1. The van der Waals surface area contributed by atoms with Crippen LogP contribution in [0, 0.1) is 11.8 Å². The fourth-order valence-electron chi connectivity index (χ4n) is 2.74. The topological polar surface area (TPSA) is 12.0 Å². The molecule has 0 spiro atoms. The lowest BCUT2D eigenvalue weighted by Crippen LogP contribution is -2.40. The molecule has 0 amide bonds. The van der Waals surface area contributed by atoms with Gasteiger partial charge in [0.1, 0.15) is 0 Å². The largest absolute Gasteiger partial charge is 0.312 e. The first kappa shape index (κ1) is 13.0. The van der Waals surface area contributed by atoms with Gasteiger partial charge in [0.2, 0.25) is 0 Å². The summed E-state index contributed by atoms with van der Waals surface area (Å²) in [5.74, 6) is 1.77. The van der Waals surface area contributed by atoms with Gasteiger partial charge in [0.05, 0.1) is 0 Å². The van der Waals surface area contributed by atoms with Gasteiger partial charge in [-0.15, -0.1) is 0 Å². The standard InChI is InChI=1S/C14H29N/c1-11(2)14(15-12(3)4)10-13-8-6-5-7-9-13/h11-15H,5-10H2,1-4H3/t14-/m0/s1. The summed E-state index contributed by atoms with van der Waals surface area (Å²) >= 11 is 0. The Labute approximate surface area is 96.0 Å². The monoisotopic (exact) mass is 211 g/mol. The van der Waals surface area contributed by atoms with Crippen molar-refractivity contribution in [2.24, 2.45) is 11.8 Å². The highest BCUT2D eigenvalue weighted by Crippen LogP contribution is 2.28. The Morgan fingerprint density at radius 2 is 1.60 bits per heavy atom. The van der Waals surface area contributed by atoms with E-state index in [-0.39, 0.29) is 0 Å². The van der Waals surface area contributed by atoms with E-state index in [0.717, 1.165) is 17.9 Å². The van der Waals surface area contributed by atoms with Crippen LogP contribution in [0.1, 0.15) is 66.2 Å². The molecule has 1 fully saturated rings. The van der Waals surface area contributed by atoms with Crippen molar-refractivity contribution in [3.8, 4) is 0 Å². The molecule has 1 aliphatic carbocycles. The maximum Gasteiger partial charge on any atom is 0.00950 e. The lowest BCUT2D eigenvalue weighted by atomic mass is 9.82. The SMILES string of the molecule is CC(C)N[C@@H](CC1CCCCC1)C(C)C. The molecule has 1 atom stereocenters. The van der Waals surface area contributed by atoms with E-state index in [1.165, 1.54) is 38.5 Å². The molecule has 0 unspecified atom stereocenters. The second kappa shape index (κ2) is 6.52. The van der Waals surface area contributed by atoms with Crippen molar-refractivity contribution in [1.29, 1.82) is 0 Å². The van der Waals surface area contributed by atoms with Gasteiger partial charge >= 0.3 is 0 Å². The Morgan fingerprint density at radius 3 is 2.07 bits per heavy atom. The summed E-state index contributed by atoms with van der Waals surface area (Å²) in [6, 6.07) is 1.36. The van der Waals surface area contributed by atoms with E-state index in [1.807, 2.05) is 0 Å². The molecule has 1 saturated carbocycles. The van der Waals surface area contributed by atoms with Crippen LogP contribution in [0.3, 0.4) is 0 Å². The van der Waals surface area contributed by atoms with Gasteiger partial charge in [0.15, 0.2) is 0 Å². The fourth-order valence-corrected chi connectivity index (χ4v) is 2.74. The third-order valence-corrected chi connectivity index (χ3v) is 3.66. The summed E-state index contributed by atoms with van der Waals surface area (Å²) in [6.07, 6.45) is 8.76. The highest BCUT2D eigenvalue weighted by molar-refractivity contribution is 4.78. The van der Waals surface area contributed by atoms with E-state index >= 15 is 0 Å². The molecule has 0 aromatic heterocycles. The Hall–Kier alpha value is -0.0400. The third kappa shape index (κ3) is 5.01. The zero-order valence-corrected chi connectivity index (χ0v) is 11.1. The quantitative estimate of drug-likeness (QED) is 0.725. The molecular formula is C14H29N. The van der Waals surface area contributed by atoms with Crippen molar-refractivity contribution in [3.63, 3.8) is 0 Å². The van der Waals surface area contributed by atoms with E-state index in [2.05, 4.69) is 33.0 Å². The molecule has 1 rings (SSSR count). The second-order valence-corrected chi connectivity index (χ2v) is 5.91. The van der Waals surface area contributed by atoms with Gasteiger partial charge in [0, 0.05) is 12.1 Å². The Morgan fingerprint density at radius 1 is 1.00 bits per heavy atom. The van der Waals surface area contributed by atoms with Crippen LogP contribution < -0.4 is 5.32 Å². The first-order valence-corrected chi connectivity index (χ1v) is 6.85. The molecule has 90 valence electrons. The average Bonchev–Trinajstić information content (AvgIpc) is 2.17. The van der Waals surface area contributed by atoms with E-state index < -0.39 is 0 Å². The maximum atomic E-state index is 3.73. The molecule has 0 radical (unpaired) electrons. The van der Waals surface area contributed by atoms with Crippen molar-refractivity contribution in [1.82, 2.24) is 5.32 Å². The van der Waals surface area contributed by atoms with Gasteiger partial charge < -0.3 is 5.32 Å². The van der Waals surface area contributed by atoms with Gasteiger partial charge in [-0.05, 0) is 18.3 Å². The Kier molecular flexibility index (Phi) is 5.66. The Balaban J connectivity index is 2.35. The number of nitrogens with one attached hydrogen (secondary N) is 1. The van der Waals surface area contributed by atoms with Crippen LogP contribution in [-0.4, -0.2) is 12.1 Å². The zero-order valence-electron chi connectivity index (χ0n) is 11.1. The van der Waals surface area contributed by atoms with Gasteiger partial charge in [-0.3, -0.25) is 0 Å². The highest BCUT2D eigenvalue weighted by Gasteiger charge is 2.21. The molecule has 0 heterocycles.